The van der Waals surface area contributed by atoms with E-state index in [9.17, 15) is 18.0 Å². The monoisotopic (exact) mass is 324 g/mol. The number of anilines is 1. The first-order valence-corrected chi connectivity index (χ1v) is 7.20. The highest BCUT2D eigenvalue weighted by Crippen LogP contribution is 2.29. The molecule has 2 heterocycles. The third kappa shape index (κ3) is 2.81. The Balaban J connectivity index is 1.92. The zero-order chi connectivity index (χ0) is 16.4. The molecule has 0 radical (unpaired) electrons. The Hall–Kier alpha value is -2.35. The van der Waals surface area contributed by atoms with Crippen molar-refractivity contribution < 1.29 is 18.0 Å². The van der Waals surface area contributed by atoms with E-state index in [1.165, 1.54) is 4.68 Å². The Morgan fingerprint density at radius 3 is 2.52 bits per heavy atom. The minimum absolute atomic E-state index is 0.390. The zero-order valence-electron chi connectivity index (χ0n) is 12.2. The minimum Gasteiger partial charge on any atom is -0.321 e. The third-order valence-electron chi connectivity index (χ3n) is 4.05. The van der Waals surface area contributed by atoms with E-state index in [-0.39, 0.29) is 5.69 Å². The van der Waals surface area contributed by atoms with Crippen LogP contribution in [0.15, 0.2) is 30.6 Å². The first-order chi connectivity index (χ1) is 11.0. The number of halogens is 3. The summed E-state index contributed by atoms with van der Waals surface area (Å²) in [7, 11) is 0. The smallest absolute Gasteiger partial charge is 0.252 e. The molecule has 0 atom stereocenters. The summed E-state index contributed by atoms with van der Waals surface area (Å²) >= 11 is 0. The van der Waals surface area contributed by atoms with Crippen molar-refractivity contribution in [2.45, 2.75) is 18.4 Å². The number of aromatic nitrogens is 2. The van der Waals surface area contributed by atoms with Gasteiger partial charge >= 0.3 is 0 Å². The molecular weight excluding hydrogens is 309 g/mol. The molecule has 0 bridgehead atoms. The second-order valence-corrected chi connectivity index (χ2v) is 5.43. The number of hydrogen-bond donors (Lipinski definition) is 2. The number of piperidine rings is 1. The summed E-state index contributed by atoms with van der Waals surface area (Å²) in [6.45, 7) is 1.18. The first kappa shape index (κ1) is 15.5. The van der Waals surface area contributed by atoms with E-state index in [2.05, 4.69) is 15.7 Å². The van der Waals surface area contributed by atoms with Crippen LogP contribution in [0.1, 0.15) is 12.8 Å². The topological polar surface area (TPSA) is 59.0 Å². The molecule has 1 aliphatic rings. The molecule has 1 amide bonds. The van der Waals surface area contributed by atoms with E-state index in [0.717, 1.165) is 0 Å². The lowest BCUT2D eigenvalue weighted by Crippen LogP contribution is -2.52. The van der Waals surface area contributed by atoms with E-state index in [1.54, 1.807) is 18.5 Å². The van der Waals surface area contributed by atoms with Crippen molar-refractivity contribution in [3.63, 3.8) is 0 Å². The maximum atomic E-state index is 13.8. The molecule has 5 nitrogen and oxygen atoms in total. The van der Waals surface area contributed by atoms with Crippen LogP contribution in [-0.2, 0) is 10.3 Å². The van der Waals surface area contributed by atoms with Crippen molar-refractivity contribution in [2.75, 3.05) is 18.4 Å². The molecule has 3 rings (SSSR count). The maximum absolute atomic E-state index is 13.8. The maximum Gasteiger partial charge on any atom is 0.252 e. The van der Waals surface area contributed by atoms with Crippen LogP contribution in [0.3, 0.4) is 0 Å². The van der Waals surface area contributed by atoms with Gasteiger partial charge < -0.3 is 10.6 Å². The summed E-state index contributed by atoms with van der Waals surface area (Å²) in [5, 5.41) is 9.64. The summed E-state index contributed by atoms with van der Waals surface area (Å²) in [5.41, 5.74) is -1.38. The van der Waals surface area contributed by atoms with E-state index >= 15 is 0 Å². The van der Waals surface area contributed by atoms with Crippen molar-refractivity contribution >= 4 is 11.6 Å². The number of amides is 1. The van der Waals surface area contributed by atoms with E-state index in [1.807, 2.05) is 0 Å². The Kier molecular flexibility index (Phi) is 4.08. The van der Waals surface area contributed by atoms with Crippen LogP contribution in [-0.4, -0.2) is 28.8 Å². The highest BCUT2D eigenvalue weighted by molar-refractivity contribution is 5.96. The van der Waals surface area contributed by atoms with E-state index < -0.39 is 28.9 Å². The molecule has 122 valence electrons. The molecule has 1 saturated heterocycles. The molecule has 0 spiro atoms. The molecule has 23 heavy (non-hydrogen) atoms. The summed E-state index contributed by atoms with van der Waals surface area (Å²) in [6.07, 6.45) is 4.11. The second-order valence-electron chi connectivity index (χ2n) is 5.43. The van der Waals surface area contributed by atoms with Crippen LogP contribution < -0.4 is 10.6 Å². The van der Waals surface area contributed by atoms with Gasteiger partial charge in [0.15, 0.2) is 11.6 Å². The Morgan fingerprint density at radius 1 is 1.17 bits per heavy atom. The van der Waals surface area contributed by atoms with Crippen molar-refractivity contribution in [1.29, 1.82) is 0 Å². The highest BCUT2D eigenvalue weighted by atomic mass is 19.2. The Labute approximate surface area is 130 Å². The lowest BCUT2D eigenvalue weighted by atomic mass is 9.87. The normalized spacial score (nSPS) is 17.0. The minimum atomic E-state index is -1.30. The fourth-order valence-corrected chi connectivity index (χ4v) is 2.78. The third-order valence-corrected chi connectivity index (χ3v) is 4.05. The molecule has 1 fully saturated rings. The lowest BCUT2D eigenvalue weighted by Gasteiger charge is -2.36. The van der Waals surface area contributed by atoms with Gasteiger partial charge in [-0.2, -0.15) is 5.10 Å². The molecule has 2 N–H and O–H groups in total. The number of hydrogen-bond acceptors (Lipinski definition) is 3. The van der Waals surface area contributed by atoms with Crippen molar-refractivity contribution in [2.24, 2.45) is 0 Å². The van der Waals surface area contributed by atoms with Crippen molar-refractivity contribution in [3.05, 3.63) is 48.0 Å². The van der Waals surface area contributed by atoms with Crippen molar-refractivity contribution in [3.8, 4) is 0 Å². The second kappa shape index (κ2) is 6.04. The van der Waals surface area contributed by atoms with E-state index in [0.29, 0.717) is 38.1 Å². The molecule has 2 aromatic rings. The largest absolute Gasteiger partial charge is 0.321 e. The van der Waals surface area contributed by atoms with Gasteiger partial charge in [0.05, 0.1) is 5.69 Å². The van der Waals surface area contributed by atoms with Crippen LogP contribution in [0.4, 0.5) is 18.9 Å². The van der Waals surface area contributed by atoms with E-state index in [4.69, 9.17) is 0 Å². The van der Waals surface area contributed by atoms with Gasteiger partial charge in [0.1, 0.15) is 11.4 Å². The van der Waals surface area contributed by atoms with Gasteiger partial charge in [0.25, 0.3) is 5.91 Å². The van der Waals surface area contributed by atoms with Gasteiger partial charge in [-0.1, -0.05) is 0 Å². The molecule has 0 unspecified atom stereocenters. The number of carbonyl (C=O) groups is 1. The number of rotatable bonds is 3. The molecule has 0 saturated carbocycles. The van der Waals surface area contributed by atoms with Crippen LogP contribution in [0, 0.1) is 17.5 Å². The predicted octanol–water partition coefficient (Wildman–Crippen LogP) is 2.02. The van der Waals surface area contributed by atoms with Gasteiger partial charge in [0.2, 0.25) is 0 Å². The van der Waals surface area contributed by atoms with Crippen LogP contribution in [0.5, 0.6) is 0 Å². The Morgan fingerprint density at radius 2 is 1.87 bits per heavy atom. The number of nitrogens with zero attached hydrogens (tertiary/aromatic N) is 2. The molecule has 8 heteroatoms. The molecule has 1 aromatic carbocycles. The number of benzene rings is 1. The number of nitrogens with one attached hydrogen (secondary N) is 2. The number of carbonyl (C=O) groups excluding carboxylic acids is 1. The summed E-state index contributed by atoms with van der Waals surface area (Å²) in [5.74, 6) is -4.06. The quantitative estimate of drug-likeness (QED) is 0.849. The zero-order valence-corrected chi connectivity index (χ0v) is 12.2. The summed E-state index contributed by atoms with van der Waals surface area (Å²) < 4.78 is 41.6. The van der Waals surface area contributed by atoms with Gasteiger partial charge in [-0.05, 0) is 32.0 Å². The van der Waals surface area contributed by atoms with Crippen LogP contribution in [0.2, 0.25) is 0 Å². The Bertz CT molecular complexity index is 712. The molecular formula is C15H15F3N4O. The van der Waals surface area contributed by atoms with Crippen LogP contribution in [0.25, 0.3) is 0 Å². The standard InChI is InChI=1S/C15H15F3N4O/c16-10-8-12(18)13(9-11(10)17)21-14(23)15(2-5-19-6-3-15)22-7-1-4-20-22/h1,4,7-9,19H,2-3,5-6H2,(H,21,23). The summed E-state index contributed by atoms with van der Waals surface area (Å²) in [6, 6.07) is 2.74. The highest BCUT2D eigenvalue weighted by Gasteiger charge is 2.42. The first-order valence-electron chi connectivity index (χ1n) is 7.20. The molecule has 1 aliphatic heterocycles. The fraction of sp³-hybridized carbons (Fsp3) is 0.333. The van der Waals surface area contributed by atoms with Crippen LogP contribution >= 0.6 is 0 Å². The van der Waals surface area contributed by atoms with Crippen molar-refractivity contribution in [1.82, 2.24) is 15.1 Å². The van der Waals surface area contributed by atoms with Gasteiger partial charge in [0, 0.05) is 24.5 Å². The average molecular weight is 324 g/mol. The average Bonchev–Trinajstić information content (AvgIpc) is 3.08. The molecule has 0 aliphatic carbocycles. The fourth-order valence-electron chi connectivity index (χ4n) is 2.78. The van der Waals surface area contributed by atoms with Gasteiger partial charge in [-0.15, -0.1) is 0 Å². The lowest BCUT2D eigenvalue weighted by molar-refractivity contribution is -0.126. The SMILES string of the molecule is O=C(Nc1cc(F)c(F)cc1F)C1(n2cccn2)CCNCC1. The van der Waals surface area contributed by atoms with Gasteiger partial charge in [-0.25, -0.2) is 13.2 Å². The predicted molar refractivity (Wildman–Crippen MR) is 77.3 cm³/mol. The van der Waals surface area contributed by atoms with Gasteiger partial charge in [-0.3, -0.25) is 9.48 Å². The molecule has 1 aromatic heterocycles. The summed E-state index contributed by atoms with van der Waals surface area (Å²) in [4.78, 5) is 12.8.